The van der Waals surface area contributed by atoms with E-state index in [1.807, 2.05) is 6.07 Å². The first kappa shape index (κ1) is 39.3. The Morgan fingerprint density at radius 2 is 0.926 bits per heavy atom. The third-order valence-electron chi connectivity index (χ3n) is 11.0. The van der Waals surface area contributed by atoms with Crippen molar-refractivity contribution in [3.8, 4) is 33.4 Å². The summed E-state index contributed by atoms with van der Waals surface area (Å²) < 4.78 is 0. The summed E-state index contributed by atoms with van der Waals surface area (Å²) >= 11 is 0. The predicted molar refractivity (Wildman–Crippen MR) is 233 cm³/mol. The minimum atomic E-state index is 0. The van der Waals surface area contributed by atoms with Gasteiger partial charge in [0, 0.05) is 25.8 Å². The normalized spacial score (nSPS) is 11.4. The van der Waals surface area contributed by atoms with Crippen molar-refractivity contribution in [1.82, 2.24) is 0 Å². The Morgan fingerprint density at radius 1 is 0.481 bits per heavy atom. The van der Waals surface area contributed by atoms with Crippen LogP contribution in [0.4, 0.5) is 0 Å². The monoisotopic (exact) mass is 881 g/mol. The average Bonchev–Trinajstić information content (AvgIpc) is 3.90. The molecule has 54 heavy (non-hydrogen) atoms. The zero-order valence-electron chi connectivity index (χ0n) is 32.9. The van der Waals surface area contributed by atoms with E-state index in [2.05, 4.69) is 195 Å². The largest absolute Gasteiger partial charge is 0.184 e. The van der Waals surface area contributed by atoms with E-state index in [9.17, 15) is 0 Å². The van der Waals surface area contributed by atoms with Crippen LogP contribution in [0.25, 0.3) is 54.9 Å². The Kier molecular flexibility index (Phi) is 12.4. The predicted octanol–water partition coefficient (Wildman–Crippen LogP) is 13.1. The molecule has 8 aromatic carbocycles. The summed E-state index contributed by atoms with van der Waals surface area (Å²) in [5, 5.41) is 8.29. The van der Waals surface area contributed by atoms with Gasteiger partial charge in [-0.15, -0.1) is 74.6 Å². The molecule has 2 heteroatoms. The van der Waals surface area contributed by atoms with Crippen molar-refractivity contribution in [2.24, 2.45) is 0 Å². The van der Waals surface area contributed by atoms with Crippen molar-refractivity contribution in [2.45, 2.75) is 67.2 Å². The quantitative estimate of drug-likeness (QED) is 0.122. The number of benzene rings is 6. The van der Waals surface area contributed by atoms with Gasteiger partial charge in [-0.2, -0.15) is 41.6 Å². The first-order valence-electron chi connectivity index (χ1n) is 19.0. The standard InChI is InChI=1S/2C20H21.C12H7Si.Hf/c2*1-13(2)17-11-16-8-6-10-19(20(16)12-17)18-9-5-7-14(3)15(18)4;1-3-7-11-9(5-1)10-6-2-4-8-12(10)13-11;/h2*5-13H,1-4H3;1-7H;/q3*-1;. The molecule has 0 saturated carbocycles. The second-order valence-electron chi connectivity index (χ2n) is 15.1. The van der Waals surface area contributed by atoms with E-state index in [1.165, 1.54) is 98.7 Å². The van der Waals surface area contributed by atoms with Crippen molar-refractivity contribution < 1.29 is 25.8 Å². The molecule has 8 aromatic rings. The SMILES string of the molecule is Cc1cccc(-c2cccc3[cH-]c(C(C)C)cc23)c1C.Cc1cccc(-c2cccc3[cH-]c(C(C)C)cc23)c1C.[Hf].[c-]1cccc2c1[Si]c1ccccc1-2. The van der Waals surface area contributed by atoms with E-state index in [0.29, 0.717) is 11.8 Å². The Balaban J connectivity index is 0.000000140. The number of hydrogen-bond acceptors (Lipinski definition) is 0. The molecule has 0 amide bonds. The molecule has 1 aliphatic heterocycles. The fraction of sp³-hybridized carbons (Fsp3) is 0.192. The molecule has 0 nitrogen and oxygen atoms in total. The number of aryl methyl sites for hydroxylation is 2. The number of rotatable bonds is 4. The van der Waals surface area contributed by atoms with Gasteiger partial charge >= 0.3 is 0 Å². The van der Waals surface area contributed by atoms with Crippen LogP contribution in [-0.2, 0) is 25.8 Å². The van der Waals surface area contributed by atoms with Crippen LogP contribution in [0.5, 0.6) is 0 Å². The molecule has 2 radical (unpaired) electrons. The molecule has 1 heterocycles. The van der Waals surface area contributed by atoms with Gasteiger partial charge in [0.1, 0.15) is 0 Å². The average molecular weight is 881 g/mol. The topological polar surface area (TPSA) is 0 Å². The van der Waals surface area contributed by atoms with Crippen molar-refractivity contribution in [3.63, 3.8) is 0 Å². The molecule has 0 fully saturated rings. The Morgan fingerprint density at radius 3 is 1.44 bits per heavy atom. The van der Waals surface area contributed by atoms with Crippen LogP contribution in [-0.4, -0.2) is 9.52 Å². The number of fused-ring (bicyclic) bond motifs is 5. The van der Waals surface area contributed by atoms with E-state index >= 15 is 0 Å². The minimum Gasteiger partial charge on any atom is -0.184 e. The Labute approximate surface area is 344 Å². The van der Waals surface area contributed by atoms with Crippen LogP contribution in [0.3, 0.4) is 0 Å². The van der Waals surface area contributed by atoms with Gasteiger partial charge in [-0.25, -0.2) is 0 Å². The van der Waals surface area contributed by atoms with Gasteiger partial charge in [-0.05, 0) is 72.9 Å². The van der Waals surface area contributed by atoms with Crippen molar-refractivity contribution in [3.05, 3.63) is 179 Å². The van der Waals surface area contributed by atoms with Gasteiger partial charge in [0.2, 0.25) is 0 Å². The van der Waals surface area contributed by atoms with Crippen LogP contribution >= 0.6 is 0 Å². The molecule has 0 bridgehead atoms. The maximum Gasteiger partial charge on any atom is 0.0920 e. The van der Waals surface area contributed by atoms with Gasteiger partial charge in [-0.3, -0.25) is 0 Å². The van der Waals surface area contributed by atoms with E-state index in [-0.39, 0.29) is 25.8 Å². The van der Waals surface area contributed by atoms with E-state index in [4.69, 9.17) is 0 Å². The zero-order chi connectivity index (χ0) is 37.2. The molecular weight excluding hydrogens is 831 g/mol. The van der Waals surface area contributed by atoms with Crippen LogP contribution in [0.1, 0.15) is 72.9 Å². The summed E-state index contributed by atoms with van der Waals surface area (Å²) in [5.41, 5.74) is 16.5. The van der Waals surface area contributed by atoms with E-state index in [0.717, 1.165) is 9.52 Å². The van der Waals surface area contributed by atoms with Crippen molar-refractivity contribution in [2.75, 3.05) is 0 Å². The molecule has 0 spiro atoms. The molecule has 0 saturated heterocycles. The van der Waals surface area contributed by atoms with Crippen molar-refractivity contribution >= 4 is 41.4 Å². The molecule has 0 atom stereocenters. The summed E-state index contributed by atoms with van der Waals surface area (Å²) in [4.78, 5) is 0. The summed E-state index contributed by atoms with van der Waals surface area (Å²) in [6.45, 7) is 17.8. The first-order valence-corrected chi connectivity index (χ1v) is 20.0. The van der Waals surface area contributed by atoms with Gasteiger partial charge in [0.05, 0.1) is 9.52 Å². The van der Waals surface area contributed by atoms with Crippen LogP contribution in [0.2, 0.25) is 0 Å². The van der Waals surface area contributed by atoms with Gasteiger partial charge in [0.15, 0.2) is 0 Å². The molecule has 268 valence electrons. The van der Waals surface area contributed by atoms with Crippen LogP contribution in [0.15, 0.2) is 140 Å². The zero-order valence-corrected chi connectivity index (χ0v) is 37.5. The summed E-state index contributed by atoms with van der Waals surface area (Å²) in [6.07, 6.45) is 0. The van der Waals surface area contributed by atoms with Crippen LogP contribution in [0, 0.1) is 33.8 Å². The third-order valence-corrected chi connectivity index (χ3v) is 12.4. The smallest absolute Gasteiger partial charge is 0.0920 e. The molecule has 0 N–H and O–H groups in total. The summed E-state index contributed by atoms with van der Waals surface area (Å²) in [5.74, 6) is 1.16. The molecule has 9 rings (SSSR count). The maximum absolute atomic E-state index is 3.31. The van der Waals surface area contributed by atoms with Gasteiger partial charge in [0.25, 0.3) is 0 Å². The van der Waals surface area contributed by atoms with E-state index in [1.54, 1.807) is 0 Å². The van der Waals surface area contributed by atoms with Gasteiger partial charge < -0.3 is 0 Å². The minimum absolute atomic E-state index is 0. The molecule has 0 unspecified atom stereocenters. The summed E-state index contributed by atoms with van der Waals surface area (Å²) in [7, 11) is 0.795. The fourth-order valence-corrected chi connectivity index (χ4v) is 8.77. The van der Waals surface area contributed by atoms with Gasteiger partial charge in [-0.1, -0.05) is 122 Å². The Bertz CT molecular complexity index is 2360. The molecular formula is C52H49HfSi-3. The number of hydrogen-bond donors (Lipinski definition) is 0. The van der Waals surface area contributed by atoms with Crippen molar-refractivity contribution in [1.29, 1.82) is 0 Å². The second-order valence-corrected chi connectivity index (χ2v) is 16.4. The van der Waals surface area contributed by atoms with E-state index < -0.39 is 0 Å². The third kappa shape index (κ3) is 8.02. The Hall–Kier alpha value is -4.37. The van der Waals surface area contributed by atoms with Crippen LogP contribution < -0.4 is 10.4 Å². The maximum atomic E-state index is 3.31. The fourth-order valence-electron chi connectivity index (χ4n) is 7.46. The molecule has 0 aliphatic carbocycles. The second kappa shape index (κ2) is 17.0. The summed E-state index contributed by atoms with van der Waals surface area (Å²) in [6, 6.07) is 54.0. The molecule has 1 aliphatic rings. The molecule has 0 aromatic heterocycles. The first-order chi connectivity index (χ1) is 25.6.